The molecule has 4 heteroatoms. The molecule has 0 bridgehead atoms. The van der Waals surface area contributed by atoms with Gasteiger partial charge in [-0.3, -0.25) is 0 Å². The van der Waals surface area contributed by atoms with Crippen LogP contribution in [0.15, 0.2) is 229 Å². The maximum atomic E-state index is 6.68. The minimum absolute atomic E-state index is 0.574. The summed E-state index contributed by atoms with van der Waals surface area (Å²) in [5, 5.41) is 2.10. The predicted molar refractivity (Wildman–Crippen MR) is 251 cm³/mol. The Hall–Kier alpha value is -8.21. The monoisotopic (exact) mass is 779 g/mol. The lowest BCUT2D eigenvalue weighted by molar-refractivity contribution is 0.669. The van der Waals surface area contributed by atoms with Gasteiger partial charge in [-0.1, -0.05) is 200 Å². The van der Waals surface area contributed by atoms with Crippen LogP contribution >= 0.6 is 0 Å². The third-order valence-corrected chi connectivity index (χ3v) is 11.4. The lowest BCUT2D eigenvalue weighted by Gasteiger charge is -2.14. The summed E-state index contributed by atoms with van der Waals surface area (Å²) in [5.41, 5.74) is 15.8. The second-order valence-corrected chi connectivity index (χ2v) is 15.2. The number of rotatable bonds is 8. The van der Waals surface area contributed by atoms with Gasteiger partial charge in [0, 0.05) is 27.5 Å². The van der Waals surface area contributed by atoms with Gasteiger partial charge in [0.25, 0.3) is 0 Å². The van der Waals surface area contributed by atoms with Crippen molar-refractivity contribution in [2.24, 2.45) is 0 Å². The molecule has 2 heterocycles. The Bertz CT molecular complexity index is 3210. The second-order valence-electron chi connectivity index (χ2n) is 15.2. The molecule has 0 N–H and O–H groups in total. The average Bonchev–Trinajstić information content (AvgIpc) is 3.73. The van der Waals surface area contributed by atoms with Crippen LogP contribution in [0, 0.1) is 0 Å². The smallest absolute Gasteiger partial charge is 0.164 e. The number of fused-ring (bicyclic) bond motifs is 3. The van der Waals surface area contributed by atoms with E-state index >= 15 is 0 Å². The van der Waals surface area contributed by atoms with Crippen molar-refractivity contribution in [3.63, 3.8) is 0 Å². The molecule has 4 nitrogen and oxygen atoms in total. The molecule has 0 aliphatic rings. The maximum Gasteiger partial charge on any atom is 0.164 e. The molecule has 286 valence electrons. The highest BCUT2D eigenvalue weighted by atomic mass is 16.3. The van der Waals surface area contributed by atoms with Gasteiger partial charge in [0.2, 0.25) is 0 Å². The first kappa shape index (κ1) is 35.9. The molecule has 2 aromatic heterocycles. The molecule has 0 spiro atoms. The molecule has 0 unspecified atom stereocenters. The van der Waals surface area contributed by atoms with Crippen LogP contribution in [0.25, 0.3) is 112 Å². The molecular formula is C57H37N3O. The molecule has 11 rings (SSSR count). The van der Waals surface area contributed by atoms with Crippen molar-refractivity contribution in [3.8, 4) is 89.8 Å². The Kier molecular flexibility index (Phi) is 9.14. The van der Waals surface area contributed by atoms with E-state index in [0.29, 0.717) is 17.5 Å². The Balaban J connectivity index is 1.03. The van der Waals surface area contributed by atoms with Crippen molar-refractivity contribution in [1.82, 2.24) is 15.0 Å². The van der Waals surface area contributed by atoms with Gasteiger partial charge >= 0.3 is 0 Å². The summed E-state index contributed by atoms with van der Waals surface area (Å²) in [4.78, 5) is 15.3. The Morgan fingerprint density at radius 3 is 1.21 bits per heavy atom. The second kappa shape index (κ2) is 15.5. The Morgan fingerprint density at radius 1 is 0.246 bits per heavy atom. The summed E-state index contributed by atoms with van der Waals surface area (Å²) in [6.45, 7) is 0. The van der Waals surface area contributed by atoms with Gasteiger partial charge in [-0.25, -0.2) is 15.0 Å². The standard InChI is InChI=1S/C57H37N3O/c1-5-14-38(15-6-1)41-24-28-44(29-25-41)55-58-56(45-30-26-42(27-31-45)39-16-7-2-8-17-39)60-57(59-55)47-33-35-50-53(37-47)61-52-23-13-22-49(54(50)52)48-34-32-46(40-18-9-3-10-19-40)36-51(48)43-20-11-4-12-21-43/h1-37H. The van der Waals surface area contributed by atoms with Crippen molar-refractivity contribution < 1.29 is 4.42 Å². The van der Waals surface area contributed by atoms with Gasteiger partial charge in [0.1, 0.15) is 11.2 Å². The van der Waals surface area contributed by atoms with E-state index < -0.39 is 0 Å². The zero-order chi connectivity index (χ0) is 40.5. The van der Waals surface area contributed by atoms with Crippen molar-refractivity contribution in [1.29, 1.82) is 0 Å². The highest BCUT2D eigenvalue weighted by molar-refractivity contribution is 6.14. The normalized spacial score (nSPS) is 11.3. The molecular weight excluding hydrogens is 743 g/mol. The summed E-state index contributed by atoms with van der Waals surface area (Å²) in [6, 6.07) is 78.2. The summed E-state index contributed by atoms with van der Waals surface area (Å²) in [5.74, 6) is 1.78. The van der Waals surface area contributed by atoms with E-state index in [1.165, 1.54) is 16.7 Å². The molecule has 0 atom stereocenters. The van der Waals surface area contributed by atoms with Gasteiger partial charge in [-0.2, -0.15) is 0 Å². The van der Waals surface area contributed by atoms with Crippen LogP contribution < -0.4 is 0 Å². The molecule has 0 saturated heterocycles. The van der Waals surface area contributed by atoms with Crippen LogP contribution in [0.5, 0.6) is 0 Å². The third-order valence-electron chi connectivity index (χ3n) is 11.4. The molecule has 0 fully saturated rings. The molecule has 0 aliphatic carbocycles. The molecule has 61 heavy (non-hydrogen) atoms. The summed E-state index contributed by atoms with van der Waals surface area (Å²) < 4.78 is 6.68. The molecule has 11 aromatic rings. The minimum Gasteiger partial charge on any atom is -0.456 e. The number of aromatic nitrogens is 3. The quantitative estimate of drug-likeness (QED) is 0.154. The highest BCUT2D eigenvalue weighted by Crippen LogP contribution is 2.43. The van der Waals surface area contributed by atoms with Gasteiger partial charge in [0.15, 0.2) is 17.5 Å². The Labute approximate surface area is 354 Å². The number of furan rings is 1. The molecule has 0 saturated carbocycles. The van der Waals surface area contributed by atoms with E-state index in [1.807, 2.05) is 12.1 Å². The molecule has 0 aliphatic heterocycles. The van der Waals surface area contributed by atoms with E-state index in [4.69, 9.17) is 19.4 Å². The predicted octanol–water partition coefficient (Wildman–Crippen LogP) is 15.1. The Morgan fingerprint density at radius 2 is 0.672 bits per heavy atom. The van der Waals surface area contributed by atoms with Gasteiger partial charge < -0.3 is 4.42 Å². The molecule has 0 amide bonds. The highest BCUT2D eigenvalue weighted by Gasteiger charge is 2.19. The third kappa shape index (κ3) is 6.96. The van der Waals surface area contributed by atoms with E-state index in [0.717, 1.165) is 77.6 Å². The van der Waals surface area contributed by atoms with Crippen LogP contribution in [-0.4, -0.2) is 15.0 Å². The van der Waals surface area contributed by atoms with Crippen molar-refractivity contribution in [3.05, 3.63) is 224 Å². The van der Waals surface area contributed by atoms with Crippen LogP contribution in [0.2, 0.25) is 0 Å². The molecule has 9 aromatic carbocycles. The lowest BCUT2D eigenvalue weighted by atomic mass is 9.89. The fourth-order valence-electron chi connectivity index (χ4n) is 8.28. The summed E-state index contributed by atoms with van der Waals surface area (Å²) >= 11 is 0. The van der Waals surface area contributed by atoms with Crippen molar-refractivity contribution in [2.45, 2.75) is 0 Å². The zero-order valence-electron chi connectivity index (χ0n) is 33.1. The van der Waals surface area contributed by atoms with Crippen LogP contribution in [0.4, 0.5) is 0 Å². The first-order valence-electron chi connectivity index (χ1n) is 20.5. The first-order chi connectivity index (χ1) is 30.2. The zero-order valence-corrected chi connectivity index (χ0v) is 33.1. The van der Waals surface area contributed by atoms with Crippen LogP contribution in [-0.2, 0) is 0 Å². The number of benzene rings is 9. The largest absolute Gasteiger partial charge is 0.456 e. The van der Waals surface area contributed by atoms with Crippen molar-refractivity contribution >= 4 is 21.9 Å². The molecule has 0 radical (unpaired) electrons. The fraction of sp³-hybridized carbons (Fsp3) is 0. The van der Waals surface area contributed by atoms with Gasteiger partial charge in [-0.15, -0.1) is 0 Å². The van der Waals surface area contributed by atoms with Crippen LogP contribution in [0.1, 0.15) is 0 Å². The summed E-state index contributed by atoms with van der Waals surface area (Å²) in [6.07, 6.45) is 0. The van der Waals surface area contributed by atoms with E-state index in [1.54, 1.807) is 0 Å². The van der Waals surface area contributed by atoms with Gasteiger partial charge in [-0.05, 0) is 79.9 Å². The SMILES string of the molecule is c1ccc(-c2ccc(-c3nc(-c4ccc(-c5ccccc5)cc4)nc(-c4ccc5c(c4)oc4cccc(-c6ccc(-c7ccccc7)cc6-c6ccccc6)c45)n3)cc2)cc1. The number of hydrogen-bond acceptors (Lipinski definition) is 4. The summed E-state index contributed by atoms with van der Waals surface area (Å²) in [7, 11) is 0. The first-order valence-corrected chi connectivity index (χ1v) is 20.5. The number of nitrogens with zero attached hydrogens (tertiary/aromatic N) is 3. The maximum absolute atomic E-state index is 6.68. The number of hydrogen-bond donors (Lipinski definition) is 0. The van der Waals surface area contributed by atoms with Gasteiger partial charge in [0.05, 0.1) is 0 Å². The minimum atomic E-state index is 0.574. The average molecular weight is 780 g/mol. The van der Waals surface area contributed by atoms with E-state index in [9.17, 15) is 0 Å². The van der Waals surface area contributed by atoms with E-state index in [2.05, 4.69) is 212 Å². The fourth-order valence-corrected chi connectivity index (χ4v) is 8.28. The van der Waals surface area contributed by atoms with Crippen molar-refractivity contribution in [2.75, 3.05) is 0 Å². The lowest BCUT2D eigenvalue weighted by Crippen LogP contribution is -2.00. The van der Waals surface area contributed by atoms with Crippen LogP contribution in [0.3, 0.4) is 0 Å². The van der Waals surface area contributed by atoms with E-state index in [-0.39, 0.29) is 0 Å². The topological polar surface area (TPSA) is 51.8 Å².